The van der Waals surface area contributed by atoms with Crippen LogP contribution in [0.3, 0.4) is 0 Å². The largest absolute Gasteiger partial charge is 0.493 e. The van der Waals surface area contributed by atoms with Crippen LogP contribution in [0.2, 0.25) is 0 Å². The molecule has 2 aromatic heterocycles. The fourth-order valence-corrected chi connectivity index (χ4v) is 3.61. The van der Waals surface area contributed by atoms with E-state index in [2.05, 4.69) is 41.5 Å². The number of benzene rings is 2. The first-order valence-corrected chi connectivity index (χ1v) is 10.6. The van der Waals surface area contributed by atoms with E-state index >= 15 is 0 Å². The van der Waals surface area contributed by atoms with Crippen molar-refractivity contribution in [1.29, 1.82) is 0 Å². The van der Waals surface area contributed by atoms with E-state index in [1.807, 2.05) is 41.8 Å². The molecule has 0 amide bonds. The van der Waals surface area contributed by atoms with Crippen LogP contribution >= 0.6 is 0 Å². The van der Waals surface area contributed by atoms with E-state index in [-0.39, 0.29) is 0 Å². The van der Waals surface area contributed by atoms with Gasteiger partial charge in [0.2, 0.25) is 0 Å². The number of hydrogen-bond acceptors (Lipinski definition) is 5. The van der Waals surface area contributed by atoms with Gasteiger partial charge in [-0.1, -0.05) is 25.5 Å². The summed E-state index contributed by atoms with van der Waals surface area (Å²) in [7, 11) is 3.26. The first-order valence-electron chi connectivity index (χ1n) is 10.6. The Balaban J connectivity index is 1.67. The van der Waals surface area contributed by atoms with E-state index in [9.17, 15) is 0 Å². The second kappa shape index (κ2) is 9.08. The van der Waals surface area contributed by atoms with Gasteiger partial charge in [0.1, 0.15) is 5.82 Å². The van der Waals surface area contributed by atoms with E-state index < -0.39 is 0 Å². The molecule has 0 saturated carbocycles. The Morgan fingerprint density at radius 2 is 1.71 bits per heavy atom. The van der Waals surface area contributed by atoms with Crippen molar-refractivity contribution in [2.24, 2.45) is 0 Å². The van der Waals surface area contributed by atoms with E-state index in [4.69, 9.17) is 14.6 Å². The van der Waals surface area contributed by atoms with Gasteiger partial charge >= 0.3 is 0 Å². The summed E-state index contributed by atoms with van der Waals surface area (Å²) in [4.78, 5) is 4.65. The summed E-state index contributed by atoms with van der Waals surface area (Å²) < 4.78 is 12.6. The highest BCUT2D eigenvalue weighted by molar-refractivity contribution is 5.69. The fraction of sp³-hybridized carbons (Fsp3) is 0.280. The van der Waals surface area contributed by atoms with Gasteiger partial charge in [0, 0.05) is 29.1 Å². The van der Waals surface area contributed by atoms with E-state index in [1.54, 1.807) is 14.2 Å². The number of nitrogens with one attached hydrogen (secondary N) is 1. The molecule has 0 atom stereocenters. The maximum absolute atomic E-state index is 5.44. The molecule has 0 radical (unpaired) electrons. The summed E-state index contributed by atoms with van der Waals surface area (Å²) in [6.45, 7) is 4.20. The summed E-state index contributed by atoms with van der Waals surface area (Å²) in [5.74, 6) is 2.23. The molecule has 6 heteroatoms. The summed E-state index contributed by atoms with van der Waals surface area (Å²) in [5, 5.41) is 8.30. The SMILES string of the molecule is CCCCc1ccc(Nc2cc(C)nc3cc(-c4ccc(OC)c(OC)c4)nn23)cc1. The molecule has 31 heavy (non-hydrogen) atoms. The number of aromatic nitrogens is 3. The zero-order chi connectivity index (χ0) is 21.8. The predicted octanol–water partition coefficient (Wildman–Crippen LogP) is 5.81. The maximum Gasteiger partial charge on any atom is 0.161 e. The number of rotatable bonds is 8. The molecule has 0 aliphatic heterocycles. The van der Waals surface area contributed by atoms with Crippen LogP contribution in [-0.2, 0) is 6.42 Å². The molecule has 0 unspecified atom stereocenters. The molecule has 0 fully saturated rings. The van der Waals surface area contributed by atoms with Crippen molar-refractivity contribution < 1.29 is 9.47 Å². The number of unbranched alkanes of at least 4 members (excludes halogenated alkanes) is 1. The molecule has 0 aliphatic rings. The second-order valence-electron chi connectivity index (χ2n) is 7.58. The third-order valence-electron chi connectivity index (χ3n) is 5.28. The third kappa shape index (κ3) is 4.48. The van der Waals surface area contributed by atoms with Gasteiger partial charge in [-0.2, -0.15) is 9.61 Å². The smallest absolute Gasteiger partial charge is 0.161 e. The lowest BCUT2D eigenvalue weighted by Crippen LogP contribution is -2.02. The van der Waals surface area contributed by atoms with Crippen LogP contribution < -0.4 is 14.8 Å². The van der Waals surface area contributed by atoms with Crippen molar-refractivity contribution >= 4 is 17.2 Å². The number of fused-ring (bicyclic) bond motifs is 1. The van der Waals surface area contributed by atoms with Crippen molar-refractivity contribution in [3.05, 3.63) is 65.9 Å². The highest BCUT2D eigenvalue weighted by atomic mass is 16.5. The summed E-state index contributed by atoms with van der Waals surface area (Å²) >= 11 is 0. The Morgan fingerprint density at radius 1 is 0.935 bits per heavy atom. The van der Waals surface area contributed by atoms with Crippen molar-refractivity contribution in [3.63, 3.8) is 0 Å². The molecule has 160 valence electrons. The molecule has 1 N–H and O–H groups in total. The van der Waals surface area contributed by atoms with Crippen LogP contribution in [0.25, 0.3) is 16.9 Å². The Kier molecular flexibility index (Phi) is 6.07. The highest BCUT2D eigenvalue weighted by Crippen LogP contribution is 2.32. The van der Waals surface area contributed by atoms with Gasteiger partial charge in [-0.05, 0) is 55.7 Å². The highest BCUT2D eigenvalue weighted by Gasteiger charge is 2.13. The van der Waals surface area contributed by atoms with Crippen LogP contribution in [-0.4, -0.2) is 28.8 Å². The molecule has 4 rings (SSSR count). The number of nitrogens with zero attached hydrogens (tertiary/aromatic N) is 3. The zero-order valence-electron chi connectivity index (χ0n) is 18.5. The number of anilines is 2. The molecular weight excluding hydrogens is 388 g/mol. The lowest BCUT2D eigenvalue weighted by molar-refractivity contribution is 0.355. The second-order valence-corrected chi connectivity index (χ2v) is 7.58. The molecular formula is C25H28N4O2. The average molecular weight is 417 g/mol. The first-order chi connectivity index (χ1) is 15.1. The monoisotopic (exact) mass is 416 g/mol. The van der Waals surface area contributed by atoms with Gasteiger partial charge in [0.15, 0.2) is 17.1 Å². The molecule has 2 heterocycles. The van der Waals surface area contributed by atoms with Crippen LogP contribution in [0.5, 0.6) is 11.5 Å². The molecule has 0 saturated heterocycles. The standard InChI is InChI=1S/C25H28N4O2/c1-5-6-7-18-8-11-20(12-9-18)27-24-14-17(2)26-25-16-21(28-29(24)25)19-10-13-22(30-3)23(15-19)31-4/h8-16,27H,5-7H2,1-4H3. The predicted molar refractivity (Wildman–Crippen MR) is 125 cm³/mol. The van der Waals surface area contributed by atoms with Gasteiger partial charge in [-0.15, -0.1) is 0 Å². The van der Waals surface area contributed by atoms with Crippen LogP contribution in [0, 0.1) is 6.92 Å². The quantitative estimate of drug-likeness (QED) is 0.393. The summed E-state index contributed by atoms with van der Waals surface area (Å²) in [6, 6.07) is 18.4. The Hall–Kier alpha value is -3.54. The van der Waals surface area contributed by atoms with Crippen LogP contribution in [0.15, 0.2) is 54.6 Å². The van der Waals surface area contributed by atoms with Crippen LogP contribution in [0.1, 0.15) is 31.0 Å². The number of hydrogen-bond donors (Lipinski definition) is 1. The lowest BCUT2D eigenvalue weighted by Gasteiger charge is -2.10. The Bertz CT molecular complexity index is 1180. The number of methoxy groups -OCH3 is 2. The molecule has 2 aromatic carbocycles. The summed E-state index contributed by atoms with van der Waals surface area (Å²) in [6.07, 6.45) is 3.53. The van der Waals surface area contributed by atoms with E-state index in [0.29, 0.717) is 11.5 Å². The van der Waals surface area contributed by atoms with Crippen molar-refractivity contribution in [2.75, 3.05) is 19.5 Å². The van der Waals surface area contributed by atoms with Crippen molar-refractivity contribution in [1.82, 2.24) is 14.6 Å². The van der Waals surface area contributed by atoms with Gasteiger partial charge < -0.3 is 14.8 Å². The van der Waals surface area contributed by atoms with Gasteiger partial charge in [-0.25, -0.2) is 4.98 Å². The Labute approximate surface area is 182 Å². The average Bonchev–Trinajstić information content (AvgIpc) is 3.22. The molecule has 4 aromatic rings. The first kappa shape index (κ1) is 20.7. The minimum Gasteiger partial charge on any atom is -0.493 e. The zero-order valence-corrected chi connectivity index (χ0v) is 18.5. The Morgan fingerprint density at radius 3 is 2.42 bits per heavy atom. The van der Waals surface area contributed by atoms with Crippen molar-refractivity contribution in [3.8, 4) is 22.8 Å². The number of ether oxygens (including phenoxy) is 2. The number of aryl methyl sites for hydroxylation is 2. The summed E-state index contributed by atoms with van der Waals surface area (Å²) in [5.41, 5.74) is 5.85. The molecule has 6 nitrogen and oxygen atoms in total. The van der Waals surface area contributed by atoms with Crippen molar-refractivity contribution in [2.45, 2.75) is 33.1 Å². The molecule has 0 bridgehead atoms. The minimum atomic E-state index is 0.669. The van der Waals surface area contributed by atoms with E-state index in [1.165, 1.54) is 18.4 Å². The van der Waals surface area contributed by atoms with Crippen LogP contribution in [0.4, 0.5) is 11.5 Å². The normalized spacial score (nSPS) is 11.0. The third-order valence-corrected chi connectivity index (χ3v) is 5.28. The fourth-order valence-electron chi connectivity index (χ4n) is 3.61. The molecule has 0 aliphatic carbocycles. The van der Waals surface area contributed by atoms with Gasteiger partial charge in [-0.3, -0.25) is 0 Å². The topological polar surface area (TPSA) is 60.7 Å². The lowest BCUT2D eigenvalue weighted by atomic mass is 10.1. The molecule has 0 spiro atoms. The minimum absolute atomic E-state index is 0.669. The van der Waals surface area contributed by atoms with Gasteiger partial charge in [0.25, 0.3) is 0 Å². The maximum atomic E-state index is 5.44. The van der Waals surface area contributed by atoms with E-state index in [0.717, 1.165) is 40.5 Å². The van der Waals surface area contributed by atoms with Gasteiger partial charge in [0.05, 0.1) is 19.9 Å².